The van der Waals surface area contributed by atoms with Crippen LogP contribution < -0.4 is 0 Å². The molecular weight excluding hydrogens is 576 g/mol. The summed E-state index contributed by atoms with van der Waals surface area (Å²) >= 11 is 0. The summed E-state index contributed by atoms with van der Waals surface area (Å²) in [4.78, 5) is 24.2. The van der Waals surface area contributed by atoms with Crippen LogP contribution >= 0.6 is 0 Å². The maximum absolute atomic E-state index is 12.1. The number of hydrogen-bond acceptors (Lipinski definition) is 6. The Balaban J connectivity index is 3.73. The van der Waals surface area contributed by atoms with Gasteiger partial charge < -0.3 is 19.7 Å². The van der Waals surface area contributed by atoms with Crippen LogP contribution in [-0.2, 0) is 19.1 Å². The highest BCUT2D eigenvalue weighted by atomic mass is 16.6. The first-order valence-corrected chi connectivity index (χ1v) is 18.7. The Morgan fingerprint density at radius 1 is 0.652 bits per heavy atom. The van der Waals surface area contributed by atoms with E-state index in [0.717, 1.165) is 63.7 Å². The van der Waals surface area contributed by atoms with Gasteiger partial charge in [0.2, 0.25) is 0 Å². The molecule has 0 unspecified atom stereocenters. The molecule has 6 nitrogen and oxygen atoms in total. The molecular formula is C40H70O6. The molecule has 0 aromatic heterocycles. The van der Waals surface area contributed by atoms with Crippen LogP contribution in [-0.4, -0.2) is 47.6 Å². The van der Waals surface area contributed by atoms with E-state index in [9.17, 15) is 19.8 Å². The molecule has 0 saturated carbocycles. The lowest BCUT2D eigenvalue weighted by molar-refractivity contribution is -0.161. The predicted molar refractivity (Wildman–Crippen MR) is 193 cm³/mol. The molecule has 0 aliphatic heterocycles. The molecule has 0 spiro atoms. The Morgan fingerprint density at radius 3 is 1.85 bits per heavy atom. The minimum absolute atomic E-state index is 0.108. The first-order valence-electron chi connectivity index (χ1n) is 18.7. The summed E-state index contributed by atoms with van der Waals surface area (Å²) < 4.78 is 10.5. The lowest BCUT2D eigenvalue weighted by atomic mass is 10.0. The molecule has 6 heteroatoms. The van der Waals surface area contributed by atoms with E-state index in [-0.39, 0.29) is 37.7 Å². The molecule has 0 saturated heterocycles. The molecule has 0 fully saturated rings. The summed E-state index contributed by atoms with van der Waals surface area (Å²) in [5.74, 6) is 0.141. The predicted octanol–water partition coefficient (Wildman–Crippen LogP) is 10.3. The molecule has 0 amide bonds. The van der Waals surface area contributed by atoms with E-state index in [1.165, 1.54) is 64.2 Å². The van der Waals surface area contributed by atoms with E-state index >= 15 is 0 Å². The van der Waals surface area contributed by atoms with Gasteiger partial charge in [-0.15, -0.1) is 0 Å². The van der Waals surface area contributed by atoms with Crippen molar-refractivity contribution in [2.45, 2.75) is 174 Å². The fraction of sp³-hybridized carbons (Fsp3) is 0.750. The summed E-state index contributed by atoms with van der Waals surface area (Å²) in [6.07, 6.45) is 37.8. The number of unbranched alkanes of at least 4 members (excludes halogenated alkanes) is 13. The maximum atomic E-state index is 12.1. The molecule has 266 valence electrons. The summed E-state index contributed by atoms with van der Waals surface area (Å²) in [7, 11) is 0. The number of carbonyl (C=O) groups is 2. The summed E-state index contributed by atoms with van der Waals surface area (Å²) in [5.41, 5.74) is 0. The molecule has 0 bridgehead atoms. The van der Waals surface area contributed by atoms with Crippen LogP contribution in [0.25, 0.3) is 0 Å². The van der Waals surface area contributed by atoms with Crippen LogP contribution in [0.4, 0.5) is 0 Å². The third-order valence-electron chi connectivity index (χ3n) is 7.91. The molecule has 2 N–H and O–H groups in total. The molecule has 0 radical (unpaired) electrons. The van der Waals surface area contributed by atoms with Crippen LogP contribution in [0.15, 0.2) is 48.6 Å². The lowest BCUT2D eigenvalue weighted by Gasteiger charge is -2.15. The van der Waals surface area contributed by atoms with Gasteiger partial charge in [-0.1, -0.05) is 159 Å². The van der Waals surface area contributed by atoms with E-state index in [0.29, 0.717) is 12.8 Å². The van der Waals surface area contributed by atoms with Crippen LogP contribution in [0.1, 0.15) is 162 Å². The highest BCUT2D eigenvalue weighted by molar-refractivity contribution is 5.70. The Bertz CT molecular complexity index is 813. The van der Waals surface area contributed by atoms with Crippen molar-refractivity contribution in [3.05, 3.63) is 48.6 Å². The van der Waals surface area contributed by atoms with Gasteiger partial charge in [0.25, 0.3) is 0 Å². The van der Waals surface area contributed by atoms with Gasteiger partial charge in [-0.2, -0.15) is 0 Å². The number of allylic oxidation sites excluding steroid dienone is 7. The van der Waals surface area contributed by atoms with Crippen LogP contribution in [0.5, 0.6) is 0 Å². The molecule has 0 aliphatic carbocycles. The number of carbonyl (C=O) groups excluding carboxylic acids is 2. The Morgan fingerprint density at radius 2 is 1.22 bits per heavy atom. The van der Waals surface area contributed by atoms with Gasteiger partial charge in [0.15, 0.2) is 6.10 Å². The van der Waals surface area contributed by atoms with Crippen molar-refractivity contribution in [1.29, 1.82) is 0 Å². The zero-order chi connectivity index (χ0) is 33.9. The average molecular weight is 647 g/mol. The lowest BCUT2D eigenvalue weighted by Crippen LogP contribution is -2.28. The monoisotopic (exact) mass is 647 g/mol. The largest absolute Gasteiger partial charge is 0.462 e. The standard InChI is InChI=1S/C40H70O6/c1-4-5-24-30-37(42)31-26-21-17-13-9-7-10-14-18-22-27-32-39(43)45-35-38(34-41)46-40(44)33-28-23-19-15-11-6-8-12-16-20-25-29-36(2)3/h7,9,14,17-18,21,26,31,36-38,41-42H,4-6,8,10-13,15-16,19-20,22-25,27-30,32-35H2,1-3H3/b9-7-,18-14-,21-17-,31-26+/t37-,38+/m1/s1. The second-order valence-corrected chi connectivity index (χ2v) is 13.0. The third-order valence-corrected chi connectivity index (χ3v) is 7.91. The van der Waals surface area contributed by atoms with Gasteiger partial charge in [-0.3, -0.25) is 9.59 Å². The van der Waals surface area contributed by atoms with Crippen LogP contribution in [0.2, 0.25) is 0 Å². The first kappa shape index (κ1) is 43.8. The number of ether oxygens (including phenoxy) is 2. The third kappa shape index (κ3) is 33.2. The number of hydrogen-bond donors (Lipinski definition) is 2. The molecule has 0 rings (SSSR count). The van der Waals surface area contributed by atoms with Gasteiger partial charge >= 0.3 is 11.9 Å². The number of esters is 2. The van der Waals surface area contributed by atoms with Crippen molar-refractivity contribution in [3.63, 3.8) is 0 Å². The summed E-state index contributed by atoms with van der Waals surface area (Å²) in [6.45, 7) is 6.28. The minimum atomic E-state index is -0.804. The second kappa shape index (κ2) is 34.2. The number of aliphatic hydroxyl groups excluding tert-OH is 2. The first-order chi connectivity index (χ1) is 22.4. The van der Waals surface area contributed by atoms with Crippen molar-refractivity contribution in [2.24, 2.45) is 5.92 Å². The highest BCUT2D eigenvalue weighted by Crippen LogP contribution is 2.14. The van der Waals surface area contributed by atoms with Gasteiger partial charge in [0, 0.05) is 12.8 Å². The fourth-order valence-electron chi connectivity index (χ4n) is 5.02. The normalized spacial score (nSPS) is 13.5. The van der Waals surface area contributed by atoms with Crippen molar-refractivity contribution in [3.8, 4) is 0 Å². The van der Waals surface area contributed by atoms with Crippen molar-refractivity contribution in [1.82, 2.24) is 0 Å². The molecule has 2 atom stereocenters. The average Bonchev–Trinajstić information content (AvgIpc) is 3.03. The minimum Gasteiger partial charge on any atom is -0.462 e. The Kier molecular flexibility index (Phi) is 32.5. The van der Waals surface area contributed by atoms with Gasteiger partial charge in [-0.25, -0.2) is 0 Å². The topological polar surface area (TPSA) is 93.1 Å². The zero-order valence-electron chi connectivity index (χ0n) is 29.8. The maximum Gasteiger partial charge on any atom is 0.306 e. The highest BCUT2D eigenvalue weighted by Gasteiger charge is 2.16. The second-order valence-electron chi connectivity index (χ2n) is 13.0. The summed E-state index contributed by atoms with van der Waals surface area (Å²) in [6, 6.07) is 0. The van der Waals surface area contributed by atoms with Gasteiger partial charge in [0.05, 0.1) is 12.7 Å². The molecule has 0 heterocycles. The SMILES string of the molecule is CCCCC[C@@H](O)/C=C/C=C\C/C=C\C/C=C\CCCC(=O)OC[C@H](CO)OC(=O)CCCCCCCCCCCCCC(C)C. The Labute approximate surface area is 282 Å². The fourth-order valence-corrected chi connectivity index (χ4v) is 5.02. The van der Waals surface area contributed by atoms with Crippen LogP contribution in [0.3, 0.4) is 0 Å². The molecule has 46 heavy (non-hydrogen) atoms. The van der Waals surface area contributed by atoms with E-state index < -0.39 is 6.10 Å². The van der Waals surface area contributed by atoms with Crippen molar-refractivity contribution in [2.75, 3.05) is 13.2 Å². The molecule has 0 aliphatic rings. The molecule has 0 aromatic rings. The van der Waals surface area contributed by atoms with Crippen molar-refractivity contribution < 1.29 is 29.3 Å². The van der Waals surface area contributed by atoms with Crippen molar-refractivity contribution >= 4 is 11.9 Å². The molecule has 0 aromatic carbocycles. The van der Waals surface area contributed by atoms with E-state index in [4.69, 9.17) is 9.47 Å². The van der Waals surface area contributed by atoms with E-state index in [1.54, 1.807) is 0 Å². The van der Waals surface area contributed by atoms with Gasteiger partial charge in [-0.05, 0) is 44.4 Å². The van der Waals surface area contributed by atoms with Gasteiger partial charge in [0.1, 0.15) is 6.61 Å². The Hall–Kier alpha value is -2.18. The van der Waals surface area contributed by atoms with Crippen LogP contribution in [0, 0.1) is 5.92 Å². The van der Waals surface area contributed by atoms with E-state index in [2.05, 4.69) is 51.2 Å². The summed E-state index contributed by atoms with van der Waals surface area (Å²) in [5, 5.41) is 19.4. The zero-order valence-corrected chi connectivity index (χ0v) is 29.8. The number of aliphatic hydroxyl groups is 2. The van der Waals surface area contributed by atoms with E-state index in [1.807, 2.05) is 18.2 Å². The smallest absolute Gasteiger partial charge is 0.306 e. The quantitative estimate of drug-likeness (QED) is 0.0327. The number of rotatable bonds is 32.